The van der Waals surface area contributed by atoms with Crippen LogP contribution < -0.4 is 0 Å². The first-order valence-electron chi connectivity index (χ1n) is 5.34. The van der Waals surface area contributed by atoms with Crippen LogP contribution in [0.3, 0.4) is 0 Å². The fourth-order valence-corrected chi connectivity index (χ4v) is 3.35. The first-order chi connectivity index (χ1) is 8.70. The van der Waals surface area contributed by atoms with Crippen LogP contribution in [-0.2, 0) is 9.53 Å². The summed E-state index contributed by atoms with van der Waals surface area (Å²) in [5, 5.41) is 8.78. The zero-order chi connectivity index (χ0) is 13.0. The molecule has 1 aromatic heterocycles. The Bertz CT molecular complexity index is 528. The van der Waals surface area contributed by atoms with Gasteiger partial charge in [-0.1, -0.05) is 53.4 Å². The number of ether oxygens (including phenoxy) is 1. The minimum Gasteiger partial charge on any atom is -0.468 e. The van der Waals surface area contributed by atoms with Crippen LogP contribution in [0, 0.1) is 0 Å². The summed E-state index contributed by atoms with van der Waals surface area (Å²) >= 11 is 2.84. The zero-order valence-corrected chi connectivity index (χ0v) is 11.6. The minimum absolute atomic E-state index is 0.253. The van der Waals surface area contributed by atoms with Crippen molar-refractivity contribution in [2.45, 2.75) is 16.5 Å². The predicted molar refractivity (Wildman–Crippen MR) is 72.7 cm³/mol. The number of carbonyl (C=O) groups excluding carboxylic acids is 1. The van der Waals surface area contributed by atoms with E-state index >= 15 is 0 Å². The molecule has 0 aliphatic heterocycles. The number of carbonyl (C=O) groups is 1. The Balaban J connectivity index is 2.09. The van der Waals surface area contributed by atoms with E-state index in [1.54, 1.807) is 6.92 Å². The molecule has 0 amide bonds. The Morgan fingerprint density at radius 1 is 1.33 bits per heavy atom. The molecule has 0 fully saturated rings. The number of methoxy groups -OCH3 is 1. The highest BCUT2D eigenvalue weighted by atomic mass is 32.2. The van der Waals surface area contributed by atoms with Gasteiger partial charge in [0.1, 0.15) is 10.3 Å². The van der Waals surface area contributed by atoms with Crippen molar-refractivity contribution < 1.29 is 9.53 Å². The molecule has 1 atom stereocenters. The largest absolute Gasteiger partial charge is 0.468 e. The molecule has 18 heavy (non-hydrogen) atoms. The van der Waals surface area contributed by atoms with Crippen molar-refractivity contribution >= 4 is 29.1 Å². The van der Waals surface area contributed by atoms with Crippen molar-refractivity contribution in [2.24, 2.45) is 0 Å². The molecule has 0 radical (unpaired) electrons. The molecule has 1 unspecified atom stereocenters. The molecular formula is C12H12N2O2S2. The Morgan fingerprint density at radius 2 is 2.06 bits per heavy atom. The van der Waals surface area contributed by atoms with E-state index in [0.717, 1.165) is 14.9 Å². The lowest BCUT2D eigenvalue weighted by Gasteiger charge is -2.04. The van der Waals surface area contributed by atoms with E-state index in [4.69, 9.17) is 0 Å². The number of hydrogen-bond acceptors (Lipinski definition) is 6. The number of benzene rings is 1. The number of nitrogens with zero attached hydrogens (tertiary/aromatic N) is 2. The molecule has 0 spiro atoms. The Morgan fingerprint density at radius 3 is 2.72 bits per heavy atom. The van der Waals surface area contributed by atoms with Gasteiger partial charge in [0.05, 0.1) is 7.11 Å². The van der Waals surface area contributed by atoms with Crippen molar-refractivity contribution in [1.82, 2.24) is 10.2 Å². The third-order valence-corrected chi connectivity index (χ3v) is 4.37. The lowest BCUT2D eigenvalue weighted by molar-refractivity contribution is -0.139. The van der Waals surface area contributed by atoms with Crippen molar-refractivity contribution in [3.05, 3.63) is 30.3 Å². The first-order valence-corrected chi connectivity index (χ1v) is 7.03. The van der Waals surface area contributed by atoms with E-state index in [0.29, 0.717) is 0 Å². The summed E-state index contributed by atoms with van der Waals surface area (Å²) in [6, 6.07) is 9.85. The second kappa shape index (κ2) is 5.97. The van der Waals surface area contributed by atoms with Gasteiger partial charge >= 0.3 is 5.97 Å². The van der Waals surface area contributed by atoms with E-state index in [2.05, 4.69) is 14.9 Å². The molecular weight excluding hydrogens is 268 g/mol. The fourth-order valence-electron chi connectivity index (χ4n) is 1.32. The molecule has 0 aliphatic carbocycles. The summed E-state index contributed by atoms with van der Waals surface area (Å²) < 4.78 is 5.44. The third-order valence-electron chi connectivity index (χ3n) is 2.24. The standard InChI is InChI=1S/C12H12N2O2S2/c1-8(11(15)16-2)17-12-14-13-10(18-12)9-6-4-3-5-7-9/h3-8H,1-2H3. The van der Waals surface area contributed by atoms with Crippen molar-refractivity contribution in [1.29, 1.82) is 0 Å². The molecule has 0 aliphatic rings. The molecule has 4 nitrogen and oxygen atoms in total. The summed E-state index contributed by atoms with van der Waals surface area (Å²) in [4.78, 5) is 11.3. The Kier molecular flexibility index (Phi) is 4.33. The lowest BCUT2D eigenvalue weighted by atomic mass is 10.2. The van der Waals surface area contributed by atoms with Crippen LogP contribution in [0.25, 0.3) is 10.6 Å². The molecule has 6 heteroatoms. The third kappa shape index (κ3) is 3.08. The average Bonchev–Trinajstić information content (AvgIpc) is 2.87. The van der Waals surface area contributed by atoms with Gasteiger partial charge in [-0.2, -0.15) is 0 Å². The van der Waals surface area contributed by atoms with E-state index in [1.165, 1.54) is 30.2 Å². The number of hydrogen-bond donors (Lipinski definition) is 0. The molecule has 1 aromatic carbocycles. The second-order valence-electron chi connectivity index (χ2n) is 3.52. The van der Waals surface area contributed by atoms with Gasteiger partial charge in [0, 0.05) is 5.56 Å². The maximum atomic E-state index is 11.3. The van der Waals surface area contributed by atoms with Crippen LogP contribution in [0.4, 0.5) is 0 Å². The number of rotatable bonds is 4. The molecule has 94 valence electrons. The molecule has 2 rings (SSSR count). The van der Waals surface area contributed by atoms with Crippen LogP contribution in [0.2, 0.25) is 0 Å². The van der Waals surface area contributed by atoms with Crippen LogP contribution >= 0.6 is 23.1 Å². The van der Waals surface area contributed by atoms with Gasteiger partial charge in [0.15, 0.2) is 4.34 Å². The average molecular weight is 280 g/mol. The number of aromatic nitrogens is 2. The molecule has 0 N–H and O–H groups in total. The van der Waals surface area contributed by atoms with Gasteiger partial charge in [0.2, 0.25) is 0 Å². The van der Waals surface area contributed by atoms with E-state index in [-0.39, 0.29) is 11.2 Å². The molecule has 1 heterocycles. The topological polar surface area (TPSA) is 52.1 Å². The highest BCUT2D eigenvalue weighted by Crippen LogP contribution is 2.31. The molecule has 0 bridgehead atoms. The normalized spacial score (nSPS) is 12.1. The van der Waals surface area contributed by atoms with Gasteiger partial charge in [0.25, 0.3) is 0 Å². The van der Waals surface area contributed by atoms with Gasteiger partial charge in [-0.3, -0.25) is 4.79 Å². The molecule has 0 saturated carbocycles. The van der Waals surface area contributed by atoms with Gasteiger partial charge in [-0.05, 0) is 6.92 Å². The van der Waals surface area contributed by atoms with Crippen molar-refractivity contribution in [3.63, 3.8) is 0 Å². The van der Waals surface area contributed by atoms with E-state index in [9.17, 15) is 4.79 Å². The summed E-state index contributed by atoms with van der Waals surface area (Å²) in [6.45, 7) is 1.79. The number of esters is 1. The Hall–Kier alpha value is -1.40. The van der Waals surface area contributed by atoms with Crippen LogP contribution in [0.5, 0.6) is 0 Å². The van der Waals surface area contributed by atoms with Crippen molar-refractivity contribution in [3.8, 4) is 10.6 Å². The Labute approximate surface area is 113 Å². The maximum absolute atomic E-state index is 11.3. The SMILES string of the molecule is COC(=O)C(C)Sc1nnc(-c2ccccc2)s1. The van der Waals surface area contributed by atoms with Crippen LogP contribution in [0.15, 0.2) is 34.7 Å². The minimum atomic E-state index is -0.272. The first kappa shape index (κ1) is 13.0. The number of thioether (sulfide) groups is 1. The zero-order valence-electron chi connectivity index (χ0n) is 9.99. The highest BCUT2D eigenvalue weighted by Gasteiger charge is 2.17. The van der Waals surface area contributed by atoms with Crippen LogP contribution in [-0.4, -0.2) is 28.5 Å². The van der Waals surface area contributed by atoms with E-state index in [1.807, 2.05) is 30.3 Å². The molecule has 0 saturated heterocycles. The maximum Gasteiger partial charge on any atom is 0.318 e. The van der Waals surface area contributed by atoms with Crippen LogP contribution in [0.1, 0.15) is 6.92 Å². The van der Waals surface area contributed by atoms with Gasteiger partial charge < -0.3 is 4.74 Å². The fraction of sp³-hybridized carbons (Fsp3) is 0.250. The highest BCUT2D eigenvalue weighted by molar-refractivity contribution is 8.02. The second-order valence-corrected chi connectivity index (χ2v) is 6.09. The lowest BCUT2D eigenvalue weighted by Crippen LogP contribution is -2.14. The smallest absolute Gasteiger partial charge is 0.318 e. The molecule has 2 aromatic rings. The summed E-state index contributed by atoms with van der Waals surface area (Å²) in [5.41, 5.74) is 1.03. The quantitative estimate of drug-likeness (QED) is 0.636. The predicted octanol–water partition coefficient (Wildman–Crippen LogP) is 2.86. The van der Waals surface area contributed by atoms with Gasteiger partial charge in [-0.15, -0.1) is 10.2 Å². The van der Waals surface area contributed by atoms with E-state index < -0.39 is 0 Å². The van der Waals surface area contributed by atoms with Crippen molar-refractivity contribution in [2.75, 3.05) is 7.11 Å². The summed E-state index contributed by atoms with van der Waals surface area (Å²) in [5.74, 6) is -0.253. The van der Waals surface area contributed by atoms with Gasteiger partial charge in [-0.25, -0.2) is 0 Å². The summed E-state index contributed by atoms with van der Waals surface area (Å²) in [6.07, 6.45) is 0. The monoisotopic (exact) mass is 280 g/mol. The summed E-state index contributed by atoms with van der Waals surface area (Å²) in [7, 11) is 1.38.